The van der Waals surface area contributed by atoms with Crippen LogP contribution in [-0.4, -0.2) is 19.4 Å². The third-order valence-corrected chi connectivity index (χ3v) is 4.06. The highest BCUT2D eigenvalue weighted by Gasteiger charge is 2.16. The highest BCUT2D eigenvalue weighted by molar-refractivity contribution is 7.88. The SMILES string of the molecule is CCCC(C)NS(=O)(=O)Cc1cccc([N+](=O)[O-])c1. The van der Waals surface area contributed by atoms with Crippen LogP contribution < -0.4 is 4.72 Å². The molecule has 0 radical (unpaired) electrons. The molecule has 1 aromatic carbocycles. The van der Waals surface area contributed by atoms with Gasteiger partial charge in [0.1, 0.15) is 0 Å². The van der Waals surface area contributed by atoms with Crippen molar-refractivity contribution in [3.05, 3.63) is 39.9 Å². The number of rotatable bonds is 7. The van der Waals surface area contributed by atoms with Crippen molar-refractivity contribution < 1.29 is 13.3 Å². The second-order valence-electron chi connectivity index (χ2n) is 4.49. The van der Waals surface area contributed by atoms with Crippen LogP contribution in [0.25, 0.3) is 0 Å². The van der Waals surface area contributed by atoms with E-state index in [9.17, 15) is 18.5 Å². The van der Waals surface area contributed by atoms with Gasteiger partial charge in [0, 0.05) is 18.2 Å². The molecule has 1 aromatic rings. The maximum atomic E-state index is 11.9. The summed E-state index contributed by atoms with van der Waals surface area (Å²) in [6.07, 6.45) is 1.65. The lowest BCUT2D eigenvalue weighted by Gasteiger charge is -2.13. The molecular formula is C12H18N2O4S. The van der Waals surface area contributed by atoms with Crippen LogP contribution in [0.4, 0.5) is 5.69 Å². The molecule has 1 unspecified atom stereocenters. The Kier molecular flexibility index (Phi) is 5.44. The minimum atomic E-state index is -3.47. The van der Waals surface area contributed by atoms with Crippen molar-refractivity contribution >= 4 is 15.7 Å². The van der Waals surface area contributed by atoms with Crippen LogP contribution in [0.15, 0.2) is 24.3 Å². The van der Waals surface area contributed by atoms with E-state index in [1.165, 1.54) is 18.2 Å². The summed E-state index contributed by atoms with van der Waals surface area (Å²) in [5.74, 6) is -0.247. The lowest BCUT2D eigenvalue weighted by molar-refractivity contribution is -0.384. The molecule has 0 heterocycles. The molecule has 0 bridgehead atoms. The van der Waals surface area contributed by atoms with Gasteiger partial charge >= 0.3 is 0 Å². The Labute approximate surface area is 113 Å². The lowest BCUT2D eigenvalue weighted by atomic mass is 10.2. The predicted octanol–water partition coefficient (Wildman–Crippen LogP) is 2.20. The van der Waals surface area contributed by atoms with E-state index in [1.807, 2.05) is 6.92 Å². The summed E-state index contributed by atoms with van der Waals surface area (Å²) in [5, 5.41) is 10.6. The molecule has 0 saturated carbocycles. The molecule has 7 heteroatoms. The number of hydrogen-bond acceptors (Lipinski definition) is 4. The van der Waals surface area contributed by atoms with Gasteiger partial charge in [-0.2, -0.15) is 0 Å². The zero-order chi connectivity index (χ0) is 14.5. The summed E-state index contributed by atoms with van der Waals surface area (Å²) in [6.45, 7) is 3.78. The van der Waals surface area contributed by atoms with Crippen LogP contribution in [0.3, 0.4) is 0 Å². The molecule has 1 rings (SSSR count). The van der Waals surface area contributed by atoms with Crippen LogP contribution in [0.2, 0.25) is 0 Å². The Morgan fingerprint density at radius 2 is 2.11 bits per heavy atom. The van der Waals surface area contributed by atoms with E-state index in [1.54, 1.807) is 13.0 Å². The second-order valence-corrected chi connectivity index (χ2v) is 6.25. The topological polar surface area (TPSA) is 89.3 Å². The Bertz CT molecular complexity index is 542. The van der Waals surface area contributed by atoms with Crippen molar-refractivity contribution in [1.29, 1.82) is 0 Å². The van der Waals surface area contributed by atoms with E-state index in [0.717, 1.165) is 12.8 Å². The summed E-state index contributed by atoms with van der Waals surface area (Å²) < 4.78 is 26.3. The van der Waals surface area contributed by atoms with Crippen LogP contribution >= 0.6 is 0 Å². The van der Waals surface area contributed by atoms with E-state index in [4.69, 9.17) is 0 Å². The number of benzene rings is 1. The van der Waals surface area contributed by atoms with Crippen LogP contribution in [-0.2, 0) is 15.8 Å². The number of nitro groups is 1. The number of sulfonamides is 1. The van der Waals surface area contributed by atoms with Gasteiger partial charge in [0.15, 0.2) is 0 Å². The van der Waals surface area contributed by atoms with Gasteiger partial charge in [-0.3, -0.25) is 10.1 Å². The van der Waals surface area contributed by atoms with E-state index in [0.29, 0.717) is 5.56 Å². The molecule has 0 saturated heterocycles. The number of nitrogens with one attached hydrogen (secondary N) is 1. The molecule has 0 aliphatic rings. The van der Waals surface area contributed by atoms with Gasteiger partial charge in [0.05, 0.1) is 10.7 Å². The minimum absolute atomic E-state index is 0.102. The standard InChI is InChI=1S/C12H18N2O4S/c1-3-5-10(2)13-19(17,18)9-11-6-4-7-12(8-11)14(15)16/h4,6-8,10,13H,3,5,9H2,1-2H3. The highest BCUT2D eigenvalue weighted by atomic mass is 32.2. The summed E-state index contributed by atoms with van der Waals surface area (Å²) in [5.41, 5.74) is 0.305. The first-order valence-electron chi connectivity index (χ1n) is 6.07. The zero-order valence-electron chi connectivity index (χ0n) is 11.0. The summed E-state index contributed by atoms with van der Waals surface area (Å²) in [6, 6.07) is 5.54. The fraction of sp³-hybridized carbons (Fsp3) is 0.500. The first-order valence-corrected chi connectivity index (χ1v) is 7.72. The predicted molar refractivity (Wildman–Crippen MR) is 73.2 cm³/mol. The van der Waals surface area contributed by atoms with Crippen LogP contribution in [0, 0.1) is 10.1 Å². The average Bonchev–Trinajstić information content (AvgIpc) is 2.27. The van der Waals surface area contributed by atoms with E-state index < -0.39 is 14.9 Å². The molecule has 0 spiro atoms. The number of non-ortho nitro benzene ring substituents is 1. The normalized spacial score (nSPS) is 13.2. The molecule has 0 fully saturated rings. The van der Waals surface area contributed by atoms with Gasteiger partial charge in [-0.15, -0.1) is 0 Å². The van der Waals surface area contributed by atoms with Gasteiger partial charge in [-0.1, -0.05) is 25.5 Å². The van der Waals surface area contributed by atoms with E-state index in [-0.39, 0.29) is 17.5 Å². The molecule has 19 heavy (non-hydrogen) atoms. The maximum Gasteiger partial charge on any atom is 0.269 e. The monoisotopic (exact) mass is 286 g/mol. The second kappa shape index (κ2) is 6.63. The van der Waals surface area contributed by atoms with Gasteiger partial charge in [0.2, 0.25) is 10.0 Å². The Morgan fingerprint density at radius 1 is 1.42 bits per heavy atom. The molecular weight excluding hydrogens is 268 g/mol. The van der Waals surface area contributed by atoms with E-state index in [2.05, 4.69) is 4.72 Å². The van der Waals surface area contributed by atoms with Crippen molar-refractivity contribution in [3.63, 3.8) is 0 Å². The first kappa shape index (κ1) is 15.6. The quantitative estimate of drug-likeness (QED) is 0.614. The van der Waals surface area contributed by atoms with Gasteiger partial charge in [0.25, 0.3) is 5.69 Å². The third kappa shape index (κ3) is 5.35. The first-order chi connectivity index (χ1) is 8.84. The Balaban J connectivity index is 2.78. The smallest absolute Gasteiger partial charge is 0.258 e. The fourth-order valence-electron chi connectivity index (χ4n) is 1.82. The Hall–Kier alpha value is -1.47. The highest BCUT2D eigenvalue weighted by Crippen LogP contribution is 2.15. The van der Waals surface area contributed by atoms with Crippen molar-refractivity contribution in [3.8, 4) is 0 Å². The van der Waals surface area contributed by atoms with Gasteiger partial charge in [-0.05, 0) is 18.9 Å². The third-order valence-electron chi connectivity index (χ3n) is 2.58. The van der Waals surface area contributed by atoms with Crippen LogP contribution in [0.5, 0.6) is 0 Å². The maximum absolute atomic E-state index is 11.9. The molecule has 1 atom stereocenters. The molecule has 0 aliphatic heterocycles. The van der Waals surface area contributed by atoms with Crippen molar-refractivity contribution in [2.75, 3.05) is 0 Å². The van der Waals surface area contributed by atoms with Gasteiger partial charge < -0.3 is 0 Å². The zero-order valence-corrected chi connectivity index (χ0v) is 11.8. The Morgan fingerprint density at radius 3 is 2.68 bits per heavy atom. The summed E-state index contributed by atoms with van der Waals surface area (Å²) in [4.78, 5) is 10.1. The molecule has 6 nitrogen and oxygen atoms in total. The van der Waals surface area contributed by atoms with Crippen molar-refractivity contribution in [2.24, 2.45) is 0 Å². The average molecular weight is 286 g/mol. The van der Waals surface area contributed by atoms with E-state index >= 15 is 0 Å². The molecule has 1 N–H and O–H groups in total. The number of nitro benzene ring substituents is 1. The minimum Gasteiger partial charge on any atom is -0.258 e. The number of nitrogens with zero attached hydrogens (tertiary/aromatic N) is 1. The summed E-state index contributed by atoms with van der Waals surface area (Å²) >= 11 is 0. The molecule has 0 aliphatic carbocycles. The fourth-order valence-corrected chi connectivity index (χ4v) is 3.25. The number of hydrogen-bond donors (Lipinski definition) is 1. The molecule has 0 amide bonds. The van der Waals surface area contributed by atoms with Gasteiger partial charge in [-0.25, -0.2) is 13.1 Å². The lowest BCUT2D eigenvalue weighted by Crippen LogP contribution is -2.33. The molecule has 106 valence electrons. The van der Waals surface area contributed by atoms with Crippen LogP contribution in [0.1, 0.15) is 32.3 Å². The molecule has 0 aromatic heterocycles. The van der Waals surface area contributed by atoms with Crippen molar-refractivity contribution in [1.82, 2.24) is 4.72 Å². The van der Waals surface area contributed by atoms with Crippen molar-refractivity contribution in [2.45, 2.75) is 38.5 Å². The summed E-state index contributed by atoms with van der Waals surface area (Å²) in [7, 11) is -3.47. The largest absolute Gasteiger partial charge is 0.269 e.